The van der Waals surface area contributed by atoms with Gasteiger partial charge in [0.2, 0.25) is 0 Å². The molecule has 1 aliphatic heterocycles. The Kier molecular flexibility index (Phi) is 6.41. The van der Waals surface area contributed by atoms with Crippen molar-refractivity contribution in [1.82, 2.24) is 4.90 Å². The Bertz CT molecular complexity index is 664. The van der Waals surface area contributed by atoms with Gasteiger partial charge in [-0.25, -0.2) is 0 Å². The van der Waals surface area contributed by atoms with E-state index in [2.05, 4.69) is 4.74 Å². The second kappa shape index (κ2) is 8.35. The van der Waals surface area contributed by atoms with Gasteiger partial charge in [0, 0.05) is 25.8 Å². The number of nitro groups is 1. The first-order valence-electron chi connectivity index (χ1n) is 8.10. The van der Waals surface area contributed by atoms with Crippen LogP contribution in [0.1, 0.15) is 30.1 Å². The zero-order chi connectivity index (χ0) is 19.3. The number of nitrogens with zero attached hydrogens (tertiary/aromatic N) is 2. The Labute approximate surface area is 147 Å². The van der Waals surface area contributed by atoms with E-state index in [0.717, 1.165) is 24.6 Å². The Hall–Kier alpha value is -2.36. The highest BCUT2D eigenvalue weighted by molar-refractivity contribution is 5.98. The van der Waals surface area contributed by atoms with Crippen molar-refractivity contribution >= 4 is 11.6 Å². The van der Waals surface area contributed by atoms with E-state index in [9.17, 15) is 28.1 Å². The zero-order valence-electron chi connectivity index (χ0n) is 14.1. The van der Waals surface area contributed by atoms with Crippen molar-refractivity contribution in [3.8, 4) is 5.75 Å². The summed E-state index contributed by atoms with van der Waals surface area (Å²) in [5, 5.41) is 11.2. The smallest absolute Gasteiger partial charge is 0.422 e. The van der Waals surface area contributed by atoms with Gasteiger partial charge in [0.15, 0.2) is 6.61 Å². The van der Waals surface area contributed by atoms with E-state index in [1.54, 1.807) is 0 Å². The average Bonchev–Trinajstić information content (AvgIpc) is 2.59. The first kappa shape index (κ1) is 20.0. The number of nitro benzene ring substituents is 1. The van der Waals surface area contributed by atoms with Gasteiger partial charge >= 0.3 is 6.18 Å². The van der Waals surface area contributed by atoms with Gasteiger partial charge in [-0.05, 0) is 31.9 Å². The number of hydrogen-bond acceptors (Lipinski definition) is 5. The predicted molar refractivity (Wildman–Crippen MR) is 85.2 cm³/mol. The molecule has 0 aliphatic carbocycles. The maximum Gasteiger partial charge on any atom is 0.422 e. The Morgan fingerprint density at radius 2 is 2.15 bits per heavy atom. The summed E-state index contributed by atoms with van der Waals surface area (Å²) in [5.74, 6) is -0.881. The summed E-state index contributed by atoms with van der Waals surface area (Å²) in [6, 6.07) is 3.00. The highest BCUT2D eigenvalue weighted by Crippen LogP contribution is 2.28. The maximum atomic E-state index is 12.7. The molecule has 7 nitrogen and oxygen atoms in total. The van der Waals surface area contributed by atoms with Crippen LogP contribution in [0.2, 0.25) is 0 Å². The molecule has 0 radical (unpaired) electrons. The lowest BCUT2D eigenvalue weighted by atomic mass is 10.1. The van der Waals surface area contributed by atoms with Crippen LogP contribution < -0.4 is 4.74 Å². The lowest BCUT2D eigenvalue weighted by molar-refractivity contribution is -0.385. The number of likely N-dealkylation sites (tertiary alicyclic amines) is 1. The number of piperidine rings is 1. The van der Waals surface area contributed by atoms with Crippen LogP contribution in [0, 0.1) is 10.1 Å². The minimum atomic E-state index is -4.55. The van der Waals surface area contributed by atoms with E-state index >= 15 is 0 Å². The van der Waals surface area contributed by atoms with Crippen LogP contribution in [0.5, 0.6) is 5.75 Å². The molecule has 10 heteroatoms. The SMILES string of the molecule is CCOC1CCCN(C(=O)c2cc(OCC(F)(F)F)ccc2[N+](=O)[O-])C1. The molecule has 2 rings (SSSR count). The third-order valence-electron chi connectivity index (χ3n) is 3.87. The monoisotopic (exact) mass is 376 g/mol. The molecule has 0 bridgehead atoms. The molecular formula is C16H19F3N2O5. The molecule has 0 aromatic heterocycles. The molecule has 0 saturated carbocycles. The zero-order valence-corrected chi connectivity index (χ0v) is 14.1. The number of rotatable bonds is 6. The van der Waals surface area contributed by atoms with E-state index < -0.39 is 29.3 Å². The van der Waals surface area contributed by atoms with E-state index in [1.807, 2.05) is 6.92 Å². The van der Waals surface area contributed by atoms with E-state index in [4.69, 9.17) is 4.74 Å². The van der Waals surface area contributed by atoms with Gasteiger partial charge in [0.25, 0.3) is 11.6 Å². The van der Waals surface area contributed by atoms with Crippen molar-refractivity contribution in [2.24, 2.45) is 0 Å². The van der Waals surface area contributed by atoms with Crippen molar-refractivity contribution in [3.05, 3.63) is 33.9 Å². The summed E-state index contributed by atoms with van der Waals surface area (Å²) >= 11 is 0. The number of alkyl halides is 3. The Morgan fingerprint density at radius 1 is 1.42 bits per heavy atom. The molecule has 1 aliphatic rings. The molecule has 0 N–H and O–H groups in total. The van der Waals surface area contributed by atoms with Crippen molar-refractivity contribution in [1.29, 1.82) is 0 Å². The van der Waals surface area contributed by atoms with Gasteiger partial charge in [-0.2, -0.15) is 13.2 Å². The number of carbonyl (C=O) groups is 1. The molecule has 1 heterocycles. The molecule has 1 amide bonds. The minimum Gasteiger partial charge on any atom is -0.484 e. The number of benzene rings is 1. The molecule has 1 fully saturated rings. The number of carbonyl (C=O) groups excluding carboxylic acids is 1. The molecule has 0 spiro atoms. The topological polar surface area (TPSA) is 81.9 Å². The lowest BCUT2D eigenvalue weighted by Crippen LogP contribution is -2.43. The lowest BCUT2D eigenvalue weighted by Gasteiger charge is -2.32. The van der Waals surface area contributed by atoms with Crippen molar-refractivity contribution in [2.75, 3.05) is 26.3 Å². The van der Waals surface area contributed by atoms with Crippen LogP contribution in [-0.2, 0) is 4.74 Å². The largest absolute Gasteiger partial charge is 0.484 e. The summed E-state index contributed by atoms with van der Waals surface area (Å²) in [6.07, 6.45) is -3.27. The molecule has 26 heavy (non-hydrogen) atoms. The fourth-order valence-corrected chi connectivity index (χ4v) is 2.77. The molecule has 1 aromatic carbocycles. The summed E-state index contributed by atoms with van der Waals surface area (Å²) in [4.78, 5) is 24.6. The van der Waals surface area contributed by atoms with Crippen LogP contribution in [0.4, 0.5) is 18.9 Å². The second-order valence-electron chi connectivity index (χ2n) is 5.81. The Morgan fingerprint density at radius 3 is 2.77 bits per heavy atom. The van der Waals surface area contributed by atoms with Gasteiger partial charge in [0.05, 0.1) is 11.0 Å². The fourth-order valence-electron chi connectivity index (χ4n) is 2.77. The maximum absolute atomic E-state index is 12.7. The van der Waals surface area contributed by atoms with E-state index in [-0.39, 0.29) is 24.0 Å². The van der Waals surface area contributed by atoms with Crippen LogP contribution in [0.15, 0.2) is 18.2 Å². The summed E-state index contributed by atoms with van der Waals surface area (Å²) in [7, 11) is 0. The predicted octanol–water partition coefficient (Wildman–Crippen LogP) is 3.18. The van der Waals surface area contributed by atoms with Gasteiger partial charge < -0.3 is 14.4 Å². The summed E-state index contributed by atoms with van der Waals surface area (Å²) in [5.41, 5.74) is -0.778. The first-order valence-corrected chi connectivity index (χ1v) is 8.10. The quantitative estimate of drug-likeness (QED) is 0.563. The molecule has 1 atom stereocenters. The van der Waals surface area contributed by atoms with Crippen LogP contribution in [0.25, 0.3) is 0 Å². The number of amides is 1. The van der Waals surface area contributed by atoms with Gasteiger partial charge in [0.1, 0.15) is 11.3 Å². The minimum absolute atomic E-state index is 0.165. The Balaban J connectivity index is 2.23. The summed E-state index contributed by atoms with van der Waals surface area (Å²) < 4.78 is 47.0. The van der Waals surface area contributed by atoms with Gasteiger partial charge in [-0.1, -0.05) is 0 Å². The van der Waals surface area contributed by atoms with Crippen LogP contribution in [-0.4, -0.2) is 54.3 Å². The average molecular weight is 376 g/mol. The van der Waals surface area contributed by atoms with Crippen LogP contribution in [0.3, 0.4) is 0 Å². The highest BCUT2D eigenvalue weighted by atomic mass is 19.4. The number of ether oxygens (including phenoxy) is 2. The van der Waals surface area contributed by atoms with Crippen molar-refractivity contribution < 1.29 is 32.4 Å². The van der Waals surface area contributed by atoms with Gasteiger partial charge in [-0.3, -0.25) is 14.9 Å². The molecule has 144 valence electrons. The molecule has 1 aromatic rings. The molecule has 1 unspecified atom stereocenters. The van der Waals surface area contributed by atoms with E-state index in [0.29, 0.717) is 19.6 Å². The molecular weight excluding hydrogens is 357 g/mol. The first-order chi connectivity index (χ1) is 12.2. The third-order valence-corrected chi connectivity index (χ3v) is 3.87. The number of halogens is 3. The standard InChI is InChI=1S/C16H19F3N2O5/c1-2-25-12-4-3-7-20(9-12)15(22)13-8-11(26-10-16(17,18)19)5-6-14(13)21(23)24/h5-6,8,12H,2-4,7,9-10H2,1H3. The van der Waals surface area contributed by atoms with Crippen molar-refractivity contribution in [3.63, 3.8) is 0 Å². The van der Waals surface area contributed by atoms with E-state index in [1.165, 1.54) is 4.90 Å². The fraction of sp³-hybridized carbons (Fsp3) is 0.562. The van der Waals surface area contributed by atoms with Crippen molar-refractivity contribution in [2.45, 2.75) is 32.0 Å². The highest BCUT2D eigenvalue weighted by Gasteiger charge is 2.31. The summed E-state index contributed by atoms with van der Waals surface area (Å²) in [6.45, 7) is 1.43. The van der Waals surface area contributed by atoms with Crippen LogP contribution >= 0.6 is 0 Å². The molecule has 1 saturated heterocycles. The second-order valence-corrected chi connectivity index (χ2v) is 5.81. The normalized spacial score (nSPS) is 17.8. The van der Waals surface area contributed by atoms with Gasteiger partial charge in [-0.15, -0.1) is 0 Å². The number of hydrogen-bond donors (Lipinski definition) is 0. The third kappa shape index (κ3) is 5.32.